The summed E-state index contributed by atoms with van der Waals surface area (Å²) in [6.07, 6.45) is 2.78. The highest BCUT2D eigenvalue weighted by molar-refractivity contribution is 7.79. The monoisotopic (exact) mass is 226 g/mol. The van der Waals surface area contributed by atoms with Gasteiger partial charge in [0.25, 0.3) is 0 Å². The maximum Gasteiger partial charge on any atom is 0.394 e. The first kappa shape index (κ1) is 12.9. The molecule has 3 N–H and O–H groups in total. The van der Waals surface area contributed by atoms with Crippen LogP contribution >= 0.6 is 0 Å². The molecule has 14 heavy (non-hydrogen) atoms. The highest BCUT2D eigenvalue weighted by Crippen LogP contribution is 2.10. The van der Waals surface area contributed by atoms with Crippen molar-refractivity contribution in [1.82, 2.24) is 0 Å². The van der Waals surface area contributed by atoms with Crippen molar-refractivity contribution >= 4 is 16.4 Å². The van der Waals surface area contributed by atoms with Crippen LogP contribution in [0.1, 0.15) is 12.8 Å². The van der Waals surface area contributed by atoms with E-state index in [2.05, 4.69) is 0 Å². The van der Waals surface area contributed by atoms with Crippen LogP contribution in [0, 0.1) is 0 Å². The molecule has 82 valence electrons. The Morgan fingerprint density at radius 3 is 2.14 bits per heavy atom. The summed E-state index contributed by atoms with van der Waals surface area (Å²) in [6, 6.07) is 0. The summed E-state index contributed by atoms with van der Waals surface area (Å²) in [5, 5.41) is 8.39. The molecular formula is C6H10O7S. The normalized spacial score (nSPS) is 15.7. The second kappa shape index (κ2) is 5.58. The van der Waals surface area contributed by atoms with Crippen LogP contribution < -0.4 is 0 Å². The number of carbonyl (C=O) groups is 1. The molecule has 0 aromatic heterocycles. The second-order valence-corrected chi connectivity index (χ2v) is 3.27. The number of carboxylic acids is 1. The minimum absolute atomic E-state index is 0.376. The van der Waals surface area contributed by atoms with Crippen molar-refractivity contribution in [3.05, 3.63) is 11.8 Å². The highest BCUT2D eigenvalue weighted by Gasteiger charge is 2.10. The van der Waals surface area contributed by atoms with Gasteiger partial charge >= 0.3 is 16.4 Å². The number of hydrogen-bond donors (Lipinski definition) is 3. The van der Waals surface area contributed by atoms with Gasteiger partial charge in [-0.3, -0.25) is 9.11 Å². The van der Waals surface area contributed by atoms with Crippen LogP contribution in [-0.2, 0) is 19.9 Å². The number of carboxylic acid groups (broad SMARTS) is 1. The smallest absolute Gasteiger partial charge is 0.394 e. The lowest BCUT2D eigenvalue weighted by Crippen LogP contribution is -2.07. The third kappa shape index (κ3) is 8.97. The molecule has 0 atom stereocenters. The van der Waals surface area contributed by atoms with E-state index in [0.29, 0.717) is 18.6 Å². The Hall–Kier alpha value is -1.12. The van der Waals surface area contributed by atoms with Gasteiger partial charge in [0, 0.05) is 0 Å². The zero-order chi connectivity index (χ0) is 11.2. The largest absolute Gasteiger partial charge is 0.501 e. The first-order chi connectivity index (χ1) is 6.30. The molecule has 8 heteroatoms. The third-order valence-corrected chi connectivity index (χ3v) is 1.21. The van der Waals surface area contributed by atoms with E-state index in [0.717, 1.165) is 6.42 Å². The average molecular weight is 226 g/mol. The maximum absolute atomic E-state index is 10.2. The van der Waals surface area contributed by atoms with E-state index in [1.54, 1.807) is 0 Å². The second-order valence-electron chi connectivity index (χ2n) is 2.37. The summed E-state index contributed by atoms with van der Waals surface area (Å²) in [7, 11) is -4.67. The maximum atomic E-state index is 10.2. The molecule has 1 aliphatic rings. The molecule has 0 unspecified atom stereocenters. The molecule has 0 aromatic carbocycles. The lowest BCUT2D eigenvalue weighted by molar-refractivity contribution is -0.133. The van der Waals surface area contributed by atoms with E-state index in [4.69, 9.17) is 27.4 Å². The Balaban J connectivity index is 0.000000292. The van der Waals surface area contributed by atoms with E-state index in [1.807, 2.05) is 0 Å². The zero-order valence-corrected chi connectivity index (χ0v) is 7.90. The average Bonchev–Trinajstić information content (AvgIpc) is 2.03. The standard InChI is InChI=1S/C6H8O3.H2O4S/c7-6(8)5-2-1-3-9-4-5;1-5(2,3)4/h4H,1-3H2,(H,7,8);(H2,1,2,3,4). The van der Waals surface area contributed by atoms with E-state index < -0.39 is 16.4 Å². The van der Waals surface area contributed by atoms with Crippen LogP contribution in [0.5, 0.6) is 0 Å². The Morgan fingerprint density at radius 2 is 1.93 bits per heavy atom. The molecule has 0 fully saturated rings. The lowest BCUT2D eigenvalue weighted by Gasteiger charge is -2.08. The topological polar surface area (TPSA) is 121 Å². The number of ether oxygens (including phenoxy) is 1. The van der Waals surface area contributed by atoms with Gasteiger partial charge in [0.15, 0.2) is 0 Å². The molecule has 0 aliphatic carbocycles. The van der Waals surface area contributed by atoms with Crippen LogP contribution in [0.3, 0.4) is 0 Å². The van der Waals surface area contributed by atoms with Gasteiger partial charge in [0.2, 0.25) is 0 Å². The quantitative estimate of drug-likeness (QED) is 0.542. The highest BCUT2D eigenvalue weighted by atomic mass is 32.3. The summed E-state index contributed by atoms with van der Waals surface area (Å²) in [6.45, 7) is 0.650. The first-order valence-corrected chi connectivity index (χ1v) is 4.94. The van der Waals surface area contributed by atoms with Crippen molar-refractivity contribution in [1.29, 1.82) is 0 Å². The van der Waals surface area contributed by atoms with Gasteiger partial charge in [-0.15, -0.1) is 0 Å². The number of aliphatic carboxylic acids is 1. The number of hydrogen-bond acceptors (Lipinski definition) is 4. The van der Waals surface area contributed by atoms with Crippen molar-refractivity contribution in [2.45, 2.75) is 12.8 Å². The fourth-order valence-corrected chi connectivity index (χ4v) is 0.722. The van der Waals surface area contributed by atoms with E-state index in [9.17, 15) is 4.79 Å². The van der Waals surface area contributed by atoms with Crippen LogP contribution in [0.2, 0.25) is 0 Å². The Bertz CT molecular complexity index is 307. The van der Waals surface area contributed by atoms with Crippen LogP contribution in [0.25, 0.3) is 0 Å². The minimum atomic E-state index is -4.67. The summed E-state index contributed by atoms with van der Waals surface area (Å²) < 4.78 is 36.4. The molecule has 0 bridgehead atoms. The fraction of sp³-hybridized carbons (Fsp3) is 0.500. The predicted molar refractivity (Wildman–Crippen MR) is 45.1 cm³/mol. The van der Waals surface area contributed by atoms with Crippen LogP contribution in [-0.4, -0.2) is 35.2 Å². The molecule has 0 saturated heterocycles. The van der Waals surface area contributed by atoms with Crippen molar-refractivity contribution in [3.8, 4) is 0 Å². The van der Waals surface area contributed by atoms with Gasteiger partial charge in [-0.05, 0) is 12.8 Å². The summed E-state index contributed by atoms with van der Waals surface area (Å²) in [5.74, 6) is -0.866. The first-order valence-electron chi connectivity index (χ1n) is 3.54. The van der Waals surface area contributed by atoms with Crippen molar-refractivity contribution in [3.63, 3.8) is 0 Å². The Kier molecular flexibility index (Phi) is 5.13. The van der Waals surface area contributed by atoms with Gasteiger partial charge in [-0.25, -0.2) is 4.79 Å². The van der Waals surface area contributed by atoms with Crippen LogP contribution in [0.15, 0.2) is 11.8 Å². The van der Waals surface area contributed by atoms with Gasteiger partial charge in [-0.1, -0.05) is 0 Å². The molecular weight excluding hydrogens is 216 g/mol. The van der Waals surface area contributed by atoms with E-state index in [-0.39, 0.29) is 0 Å². The Labute approximate surface area is 80.6 Å². The molecule has 0 amide bonds. The summed E-state index contributed by atoms with van der Waals surface area (Å²) >= 11 is 0. The summed E-state index contributed by atoms with van der Waals surface area (Å²) in [4.78, 5) is 10.2. The van der Waals surface area contributed by atoms with Gasteiger partial charge in [0.05, 0.1) is 18.4 Å². The SMILES string of the molecule is O=C(O)C1=COCCC1.O=S(=O)(O)O. The van der Waals surface area contributed by atoms with Gasteiger partial charge in [0.1, 0.15) is 0 Å². The Morgan fingerprint density at radius 1 is 1.43 bits per heavy atom. The third-order valence-electron chi connectivity index (χ3n) is 1.21. The molecule has 0 aromatic rings. The molecule has 0 radical (unpaired) electrons. The molecule has 7 nitrogen and oxygen atoms in total. The lowest BCUT2D eigenvalue weighted by atomic mass is 10.1. The van der Waals surface area contributed by atoms with Crippen molar-refractivity contribution < 1.29 is 32.2 Å². The summed E-state index contributed by atoms with van der Waals surface area (Å²) in [5.41, 5.74) is 0.376. The van der Waals surface area contributed by atoms with Crippen molar-refractivity contribution in [2.75, 3.05) is 6.61 Å². The minimum Gasteiger partial charge on any atom is -0.501 e. The molecule has 1 aliphatic heterocycles. The molecule has 0 saturated carbocycles. The molecule has 1 heterocycles. The van der Waals surface area contributed by atoms with Crippen LogP contribution in [0.4, 0.5) is 0 Å². The fourth-order valence-electron chi connectivity index (χ4n) is 0.722. The molecule has 1 rings (SSSR count). The zero-order valence-electron chi connectivity index (χ0n) is 7.08. The van der Waals surface area contributed by atoms with E-state index >= 15 is 0 Å². The van der Waals surface area contributed by atoms with Gasteiger partial charge < -0.3 is 9.84 Å². The number of rotatable bonds is 1. The van der Waals surface area contributed by atoms with E-state index in [1.165, 1.54) is 6.26 Å². The molecule has 0 spiro atoms. The predicted octanol–water partition coefficient (Wildman–Crippen LogP) is 0.113. The van der Waals surface area contributed by atoms with Gasteiger partial charge in [-0.2, -0.15) is 8.42 Å². The van der Waals surface area contributed by atoms with Crippen molar-refractivity contribution in [2.24, 2.45) is 0 Å².